The van der Waals surface area contributed by atoms with Crippen LogP contribution < -0.4 is 15.0 Å². The van der Waals surface area contributed by atoms with Crippen molar-refractivity contribution in [1.82, 2.24) is 9.97 Å². The smallest absolute Gasteiger partial charge is 0.421 e. The van der Waals surface area contributed by atoms with Gasteiger partial charge in [0.05, 0.1) is 12.3 Å². The Bertz CT molecular complexity index is 757. The summed E-state index contributed by atoms with van der Waals surface area (Å²) >= 11 is 5.62. The molecule has 1 aliphatic heterocycles. The number of benzene rings is 1. The average Bonchev–Trinajstić information content (AvgIpc) is 2.80. The van der Waals surface area contributed by atoms with Gasteiger partial charge in [-0.3, -0.25) is 0 Å². The number of halogens is 4. The van der Waals surface area contributed by atoms with Gasteiger partial charge in [0.2, 0.25) is 5.28 Å². The molecule has 1 aliphatic rings. The van der Waals surface area contributed by atoms with E-state index in [0.717, 1.165) is 24.4 Å². The number of ether oxygens (including phenoxy) is 1. The maximum Gasteiger partial charge on any atom is 0.421 e. The molecule has 26 heavy (non-hydrogen) atoms. The van der Waals surface area contributed by atoms with E-state index in [1.54, 1.807) is 0 Å². The van der Waals surface area contributed by atoms with Crippen LogP contribution in [0.4, 0.5) is 24.7 Å². The molecular weight excluding hydrogens is 369 g/mol. The molecule has 1 aromatic carbocycles. The molecule has 0 saturated carbocycles. The van der Waals surface area contributed by atoms with Gasteiger partial charge in [0.25, 0.3) is 0 Å². The van der Waals surface area contributed by atoms with Crippen molar-refractivity contribution in [1.29, 1.82) is 0 Å². The van der Waals surface area contributed by atoms with Gasteiger partial charge >= 0.3 is 6.18 Å². The third kappa shape index (κ3) is 4.49. The second kappa shape index (κ2) is 7.99. The van der Waals surface area contributed by atoms with E-state index in [1.807, 2.05) is 24.3 Å². The SMILES string of the molecule is FC(F)(F)c1cnc(Cl)nc1NCCCN1CCCOc2ccccc21. The molecule has 9 heteroatoms. The number of hydrogen-bond acceptors (Lipinski definition) is 5. The van der Waals surface area contributed by atoms with E-state index in [4.69, 9.17) is 16.3 Å². The minimum absolute atomic E-state index is 0.223. The van der Waals surface area contributed by atoms with Crippen molar-refractivity contribution < 1.29 is 17.9 Å². The number of para-hydroxylation sites is 2. The first-order chi connectivity index (χ1) is 12.4. The highest BCUT2D eigenvalue weighted by Gasteiger charge is 2.35. The van der Waals surface area contributed by atoms with Gasteiger partial charge in [-0.2, -0.15) is 13.2 Å². The summed E-state index contributed by atoms with van der Waals surface area (Å²) in [6.45, 7) is 2.51. The first kappa shape index (κ1) is 18.6. The van der Waals surface area contributed by atoms with Crippen LogP contribution in [-0.4, -0.2) is 36.2 Å². The van der Waals surface area contributed by atoms with Crippen LogP contribution in [0, 0.1) is 0 Å². The molecule has 1 N–H and O–H groups in total. The van der Waals surface area contributed by atoms with Crippen LogP contribution >= 0.6 is 11.6 Å². The quantitative estimate of drug-likeness (QED) is 0.615. The normalized spacial score (nSPS) is 14.4. The van der Waals surface area contributed by atoms with Gasteiger partial charge in [0.15, 0.2) is 0 Å². The Morgan fingerprint density at radius 1 is 1.27 bits per heavy atom. The number of fused-ring (bicyclic) bond motifs is 1. The molecule has 0 aliphatic carbocycles. The minimum Gasteiger partial charge on any atom is -0.491 e. The lowest BCUT2D eigenvalue weighted by atomic mass is 10.2. The van der Waals surface area contributed by atoms with Gasteiger partial charge < -0.3 is 15.0 Å². The Morgan fingerprint density at radius 2 is 2.08 bits per heavy atom. The van der Waals surface area contributed by atoms with Crippen molar-refractivity contribution in [2.24, 2.45) is 0 Å². The van der Waals surface area contributed by atoms with E-state index >= 15 is 0 Å². The van der Waals surface area contributed by atoms with Crippen LogP contribution in [0.25, 0.3) is 0 Å². The van der Waals surface area contributed by atoms with E-state index in [-0.39, 0.29) is 11.1 Å². The molecule has 0 amide bonds. The van der Waals surface area contributed by atoms with Crippen molar-refractivity contribution in [2.75, 3.05) is 36.5 Å². The molecule has 2 aromatic rings. The van der Waals surface area contributed by atoms with Gasteiger partial charge in [-0.05, 0) is 36.6 Å². The Morgan fingerprint density at radius 3 is 2.88 bits per heavy atom. The molecule has 0 radical (unpaired) electrons. The minimum atomic E-state index is -4.53. The molecule has 140 valence electrons. The molecular formula is C17H18ClF3N4O. The zero-order valence-corrected chi connectivity index (χ0v) is 14.6. The lowest BCUT2D eigenvalue weighted by molar-refractivity contribution is -0.137. The van der Waals surface area contributed by atoms with Gasteiger partial charge in [-0.15, -0.1) is 0 Å². The van der Waals surface area contributed by atoms with E-state index < -0.39 is 11.7 Å². The van der Waals surface area contributed by atoms with E-state index in [2.05, 4.69) is 20.2 Å². The number of nitrogens with one attached hydrogen (secondary N) is 1. The predicted octanol–water partition coefficient (Wildman–Crippen LogP) is 4.24. The summed E-state index contributed by atoms with van der Waals surface area (Å²) < 4.78 is 44.7. The number of aromatic nitrogens is 2. The molecule has 2 heterocycles. The molecule has 0 spiro atoms. The Hall–Kier alpha value is -2.22. The second-order valence-corrected chi connectivity index (χ2v) is 6.17. The molecule has 0 fully saturated rings. The van der Waals surface area contributed by atoms with Gasteiger partial charge in [-0.1, -0.05) is 12.1 Å². The lowest BCUT2D eigenvalue weighted by Crippen LogP contribution is -2.26. The Kier molecular flexibility index (Phi) is 5.70. The molecule has 0 unspecified atom stereocenters. The highest BCUT2D eigenvalue weighted by Crippen LogP contribution is 2.34. The zero-order chi connectivity index (χ0) is 18.6. The van der Waals surface area contributed by atoms with E-state index in [1.165, 1.54) is 0 Å². The summed E-state index contributed by atoms with van der Waals surface area (Å²) in [7, 11) is 0. The fraction of sp³-hybridized carbons (Fsp3) is 0.412. The highest BCUT2D eigenvalue weighted by molar-refractivity contribution is 6.28. The van der Waals surface area contributed by atoms with Gasteiger partial charge in [-0.25, -0.2) is 9.97 Å². The van der Waals surface area contributed by atoms with Crippen molar-refractivity contribution in [3.05, 3.63) is 41.3 Å². The van der Waals surface area contributed by atoms with Crippen LogP contribution in [0.3, 0.4) is 0 Å². The first-order valence-electron chi connectivity index (χ1n) is 8.25. The lowest BCUT2D eigenvalue weighted by Gasteiger charge is -2.24. The van der Waals surface area contributed by atoms with Crippen LogP contribution in [0.15, 0.2) is 30.5 Å². The Balaban J connectivity index is 1.61. The van der Waals surface area contributed by atoms with Crippen LogP contribution in [0.5, 0.6) is 5.75 Å². The maximum atomic E-state index is 13.0. The van der Waals surface area contributed by atoms with Gasteiger partial charge in [0.1, 0.15) is 17.1 Å². The average molecular weight is 387 g/mol. The third-order valence-corrected chi connectivity index (χ3v) is 4.18. The largest absolute Gasteiger partial charge is 0.491 e. The highest BCUT2D eigenvalue weighted by atomic mass is 35.5. The standard InChI is InChI=1S/C17H18ClF3N4O/c18-16-23-11-12(17(19,20)21)15(24-16)22-7-3-8-25-9-4-10-26-14-6-2-1-5-13(14)25/h1-2,5-6,11H,3-4,7-10H2,(H,22,23,24). The summed E-state index contributed by atoms with van der Waals surface area (Å²) in [5.41, 5.74) is 0.0847. The fourth-order valence-corrected chi connectivity index (χ4v) is 2.94. The van der Waals surface area contributed by atoms with E-state index in [9.17, 15) is 13.2 Å². The molecule has 0 bridgehead atoms. The number of nitrogens with zero attached hydrogens (tertiary/aromatic N) is 3. The fourth-order valence-electron chi connectivity index (χ4n) is 2.81. The van der Waals surface area contributed by atoms with Crippen LogP contribution in [-0.2, 0) is 6.18 Å². The summed E-state index contributed by atoms with van der Waals surface area (Å²) in [5.74, 6) is 0.539. The summed E-state index contributed by atoms with van der Waals surface area (Å²) in [5, 5.41) is 2.50. The van der Waals surface area contributed by atoms with Crippen molar-refractivity contribution in [2.45, 2.75) is 19.0 Å². The van der Waals surface area contributed by atoms with Gasteiger partial charge in [0, 0.05) is 25.8 Å². The summed E-state index contributed by atoms with van der Waals surface area (Å²) in [6, 6.07) is 7.77. The van der Waals surface area contributed by atoms with Crippen molar-refractivity contribution in [3.63, 3.8) is 0 Å². The second-order valence-electron chi connectivity index (χ2n) is 5.84. The van der Waals surface area contributed by atoms with E-state index in [0.29, 0.717) is 32.3 Å². The predicted molar refractivity (Wildman–Crippen MR) is 93.9 cm³/mol. The molecule has 5 nitrogen and oxygen atoms in total. The van der Waals surface area contributed by atoms with Crippen LogP contribution in [0.2, 0.25) is 5.28 Å². The Labute approximate surface area is 154 Å². The summed E-state index contributed by atoms with van der Waals surface area (Å²) in [6.07, 6.45) is -2.32. The maximum absolute atomic E-state index is 13.0. The van der Waals surface area contributed by atoms with Crippen LogP contribution in [0.1, 0.15) is 18.4 Å². The topological polar surface area (TPSA) is 50.3 Å². The summed E-state index contributed by atoms with van der Waals surface area (Å²) in [4.78, 5) is 9.26. The number of rotatable bonds is 5. The van der Waals surface area contributed by atoms with Crippen molar-refractivity contribution in [3.8, 4) is 5.75 Å². The zero-order valence-electron chi connectivity index (χ0n) is 13.9. The first-order valence-corrected chi connectivity index (χ1v) is 8.63. The number of alkyl halides is 3. The number of hydrogen-bond donors (Lipinski definition) is 1. The monoisotopic (exact) mass is 386 g/mol. The molecule has 0 saturated heterocycles. The molecule has 1 aromatic heterocycles. The third-order valence-electron chi connectivity index (χ3n) is 4.00. The van der Waals surface area contributed by atoms with Crippen molar-refractivity contribution >= 4 is 23.1 Å². The number of anilines is 2. The molecule has 3 rings (SSSR count). The molecule has 0 atom stereocenters.